The van der Waals surface area contributed by atoms with Gasteiger partial charge in [-0.3, -0.25) is 9.59 Å². The van der Waals surface area contributed by atoms with Crippen molar-refractivity contribution in [3.63, 3.8) is 0 Å². The van der Waals surface area contributed by atoms with Crippen molar-refractivity contribution in [2.24, 2.45) is 0 Å². The molecule has 8 nitrogen and oxygen atoms in total. The lowest BCUT2D eigenvalue weighted by atomic mass is 10.3. The first-order valence-electron chi connectivity index (χ1n) is 8.10. The Morgan fingerprint density at radius 3 is 2.50 bits per heavy atom. The minimum atomic E-state index is -0.696. The zero-order chi connectivity index (χ0) is 17.9. The second kappa shape index (κ2) is 10.3. The summed E-state index contributed by atoms with van der Waals surface area (Å²) < 4.78 is 5.11. The lowest BCUT2D eigenvalue weighted by Gasteiger charge is -2.19. The van der Waals surface area contributed by atoms with E-state index in [2.05, 4.69) is 16.0 Å². The first-order chi connectivity index (χ1) is 11.5. The fourth-order valence-corrected chi connectivity index (χ4v) is 2.07. The van der Waals surface area contributed by atoms with Crippen LogP contribution in [0.3, 0.4) is 0 Å². The Bertz CT molecular complexity index is 526. The van der Waals surface area contributed by atoms with Crippen LogP contribution in [0.15, 0.2) is 22.8 Å². The van der Waals surface area contributed by atoms with Gasteiger partial charge in [-0.25, -0.2) is 4.79 Å². The quantitative estimate of drug-likeness (QED) is 0.621. The second-order valence-corrected chi connectivity index (χ2v) is 5.24. The van der Waals surface area contributed by atoms with Crippen LogP contribution < -0.4 is 16.0 Å². The molecule has 0 aliphatic rings. The van der Waals surface area contributed by atoms with Gasteiger partial charge < -0.3 is 25.3 Å². The molecule has 1 heterocycles. The van der Waals surface area contributed by atoms with E-state index >= 15 is 0 Å². The van der Waals surface area contributed by atoms with E-state index in [1.165, 1.54) is 6.26 Å². The van der Waals surface area contributed by atoms with Crippen LogP contribution in [0.4, 0.5) is 4.79 Å². The zero-order valence-corrected chi connectivity index (χ0v) is 14.4. The van der Waals surface area contributed by atoms with Gasteiger partial charge in [0.2, 0.25) is 11.8 Å². The highest BCUT2D eigenvalue weighted by Gasteiger charge is 2.16. The van der Waals surface area contributed by atoms with E-state index in [0.717, 1.165) is 0 Å². The number of urea groups is 1. The fourth-order valence-electron chi connectivity index (χ4n) is 2.07. The van der Waals surface area contributed by atoms with Crippen LogP contribution in [0.25, 0.3) is 0 Å². The molecule has 1 rings (SSSR count). The summed E-state index contributed by atoms with van der Waals surface area (Å²) in [6, 6.07) is 2.30. The lowest BCUT2D eigenvalue weighted by Crippen LogP contribution is -2.48. The van der Waals surface area contributed by atoms with Gasteiger partial charge in [-0.05, 0) is 32.9 Å². The van der Waals surface area contributed by atoms with Crippen molar-refractivity contribution in [2.75, 3.05) is 19.6 Å². The van der Waals surface area contributed by atoms with Crippen molar-refractivity contribution >= 4 is 17.8 Å². The maximum atomic E-state index is 11.9. The van der Waals surface area contributed by atoms with Crippen molar-refractivity contribution in [2.45, 2.75) is 39.8 Å². The molecule has 24 heavy (non-hydrogen) atoms. The summed E-state index contributed by atoms with van der Waals surface area (Å²) in [5, 5.41) is 7.76. The maximum Gasteiger partial charge on any atom is 0.315 e. The number of carbonyl (C=O) groups is 3. The second-order valence-electron chi connectivity index (χ2n) is 5.24. The average molecular weight is 338 g/mol. The fraction of sp³-hybridized carbons (Fsp3) is 0.562. The van der Waals surface area contributed by atoms with Crippen molar-refractivity contribution in [1.82, 2.24) is 20.9 Å². The number of amides is 4. The number of furan rings is 1. The van der Waals surface area contributed by atoms with Crippen LogP contribution in [0, 0.1) is 0 Å². The van der Waals surface area contributed by atoms with Gasteiger partial charge in [-0.1, -0.05) is 0 Å². The van der Waals surface area contributed by atoms with Crippen LogP contribution in [0.1, 0.15) is 33.0 Å². The summed E-state index contributed by atoms with van der Waals surface area (Å²) in [4.78, 5) is 37.1. The predicted molar refractivity (Wildman–Crippen MR) is 89.1 cm³/mol. The molecule has 0 bridgehead atoms. The van der Waals surface area contributed by atoms with Gasteiger partial charge in [0.05, 0.1) is 12.8 Å². The third kappa shape index (κ3) is 6.72. The van der Waals surface area contributed by atoms with E-state index in [1.807, 2.05) is 13.8 Å². The zero-order valence-electron chi connectivity index (χ0n) is 14.4. The Hall–Kier alpha value is -2.51. The SMILES string of the molecule is CCN(CC)C(=O)CCNC(=O)NC(C)C(=O)NCc1ccco1. The van der Waals surface area contributed by atoms with Gasteiger partial charge >= 0.3 is 6.03 Å². The Balaban J connectivity index is 2.23. The van der Waals surface area contributed by atoms with Crippen LogP contribution in [-0.4, -0.2) is 48.4 Å². The smallest absolute Gasteiger partial charge is 0.315 e. The van der Waals surface area contributed by atoms with Crippen LogP contribution in [0.2, 0.25) is 0 Å². The van der Waals surface area contributed by atoms with Gasteiger partial charge in [-0.15, -0.1) is 0 Å². The molecule has 8 heteroatoms. The molecular formula is C16H26N4O4. The molecule has 1 unspecified atom stereocenters. The largest absolute Gasteiger partial charge is 0.467 e. The minimum absolute atomic E-state index is 0.00969. The number of nitrogens with one attached hydrogen (secondary N) is 3. The van der Waals surface area contributed by atoms with Gasteiger partial charge in [-0.2, -0.15) is 0 Å². The van der Waals surface area contributed by atoms with Crippen LogP contribution >= 0.6 is 0 Å². The molecule has 1 atom stereocenters. The van der Waals surface area contributed by atoms with Crippen LogP contribution in [-0.2, 0) is 16.1 Å². The van der Waals surface area contributed by atoms with Gasteiger partial charge in [0.1, 0.15) is 11.8 Å². The Morgan fingerprint density at radius 2 is 1.92 bits per heavy atom. The van der Waals surface area contributed by atoms with E-state index in [1.54, 1.807) is 24.0 Å². The maximum absolute atomic E-state index is 11.9. The number of hydrogen-bond acceptors (Lipinski definition) is 4. The topological polar surface area (TPSA) is 104 Å². The Labute approximate surface area is 141 Å². The normalized spacial score (nSPS) is 11.5. The molecule has 0 fully saturated rings. The molecule has 0 saturated carbocycles. The van der Waals surface area contributed by atoms with Gasteiger partial charge in [0, 0.05) is 26.1 Å². The molecule has 0 aliphatic heterocycles. The standard InChI is InChI=1S/C16H26N4O4/c1-4-20(5-2)14(21)8-9-17-16(23)19-12(3)15(22)18-11-13-7-6-10-24-13/h6-7,10,12H,4-5,8-9,11H2,1-3H3,(H,18,22)(H2,17,19,23). The van der Waals surface area contributed by atoms with Crippen molar-refractivity contribution in [1.29, 1.82) is 0 Å². The highest BCUT2D eigenvalue weighted by molar-refractivity contribution is 5.86. The van der Waals surface area contributed by atoms with E-state index in [0.29, 0.717) is 18.8 Å². The summed E-state index contributed by atoms with van der Waals surface area (Å²) in [5.74, 6) is 0.306. The first kappa shape index (κ1) is 19.5. The molecule has 1 aromatic heterocycles. The molecule has 0 radical (unpaired) electrons. The third-order valence-electron chi connectivity index (χ3n) is 3.50. The number of rotatable bonds is 9. The highest BCUT2D eigenvalue weighted by atomic mass is 16.3. The van der Waals surface area contributed by atoms with Crippen LogP contribution in [0.5, 0.6) is 0 Å². The lowest BCUT2D eigenvalue weighted by molar-refractivity contribution is -0.130. The molecule has 4 amide bonds. The average Bonchev–Trinajstić information content (AvgIpc) is 3.07. The Kier molecular flexibility index (Phi) is 8.38. The molecule has 134 valence electrons. The van der Waals surface area contributed by atoms with Gasteiger partial charge in [0.25, 0.3) is 0 Å². The first-order valence-corrected chi connectivity index (χ1v) is 8.10. The predicted octanol–water partition coefficient (Wildman–Crippen LogP) is 0.842. The number of carbonyl (C=O) groups excluding carboxylic acids is 3. The van der Waals surface area contributed by atoms with E-state index in [9.17, 15) is 14.4 Å². The molecule has 0 aromatic carbocycles. The summed E-state index contributed by atoms with van der Waals surface area (Å²) in [5.41, 5.74) is 0. The minimum Gasteiger partial charge on any atom is -0.467 e. The third-order valence-corrected chi connectivity index (χ3v) is 3.50. The van der Waals surface area contributed by atoms with E-state index < -0.39 is 12.1 Å². The molecule has 1 aromatic rings. The van der Waals surface area contributed by atoms with E-state index in [-0.39, 0.29) is 31.3 Å². The molecular weight excluding hydrogens is 312 g/mol. The molecule has 0 spiro atoms. The Morgan fingerprint density at radius 1 is 1.21 bits per heavy atom. The number of hydrogen-bond donors (Lipinski definition) is 3. The molecule has 0 saturated heterocycles. The summed E-state index contributed by atoms with van der Waals surface area (Å²) in [6.45, 7) is 7.18. The van der Waals surface area contributed by atoms with Crippen molar-refractivity contribution in [3.05, 3.63) is 24.2 Å². The molecule has 3 N–H and O–H groups in total. The van der Waals surface area contributed by atoms with E-state index in [4.69, 9.17) is 4.42 Å². The summed E-state index contributed by atoms with van der Waals surface area (Å²) in [7, 11) is 0. The summed E-state index contributed by atoms with van der Waals surface area (Å²) in [6.07, 6.45) is 1.75. The summed E-state index contributed by atoms with van der Waals surface area (Å²) >= 11 is 0. The van der Waals surface area contributed by atoms with Gasteiger partial charge in [0.15, 0.2) is 0 Å². The highest BCUT2D eigenvalue weighted by Crippen LogP contribution is 1.98. The number of nitrogens with zero attached hydrogens (tertiary/aromatic N) is 1. The van der Waals surface area contributed by atoms with Crippen molar-refractivity contribution < 1.29 is 18.8 Å². The van der Waals surface area contributed by atoms with Crippen molar-refractivity contribution in [3.8, 4) is 0 Å². The molecule has 0 aliphatic carbocycles. The monoisotopic (exact) mass is 338 g/mol.